The van der Waals surface area contributed by atoms with Crippen LogP contribution < -0.4 is 15.8 Å². The number of aldehydes is 1. The van der Waals surface area contributed by atoms with E-state index in [0.717, 1.165) is 46.8 Å². The first-order valence-electron chi connectivity index (χ1n) is 11.7. The van der Waals surface area contributed by atoms with Crippen molar-refractivity contribution >= 4 is 24.4 Å². The summed E-state index contributed by atoms with van der Waals surface area (Å²) in [4.78, 5) is 39.2. The Labute approximate surface area is 212 Å². The van der Waals surface area contributed by atoms with E-state index in [1.54, 1.807) is 25.1 Å². The highest BCUT2D eigenvalue weighted by molar-refractivity contribution is 5.98. The summed E-state index contributed by atoms with van der Waals surface area (Å²) in [5.74, 6) is 7.33. The van der Waals surface area contributed by atoms with E-state index in [1.165, 1.54) is 0 Å². The molecule has 0 aliphatic carbocycles. The number of hydrogen-bond donors (Lipinski definition) is 2. The van der Waals surface area contributed by atoms with Gasteiger partial charge in [0.2, 0.25) is 0 Å². The summed E-state index contributed by atoms with van der Waals surface area (Å²) in [7, 11) is 3.40. The highest BCUT2D eigenvalue weighted by Crippen LogP contribution is 2.25. The number of methoxy groups -OCH3 is 1. The number of benzene rings is 1. The maximum Gasteiger partial charge on any atom is 0.313 e. The van der Waals surface area contributed by atoms with Crippen LogP contribution in [0.3, 0.4) is 0 Å². The predicted molar refractivity (Wildman–Crippen MR) is 139 cm³/mol. The molecular formula is C27H33N5O4. The molecule has 2 aliphatic rings. The summed E-state index contributed by atoms with van der Waals surface area (Å²) in [5, 5.41) is 2.25. The van der Waals surface area contributed by atoms with E-state index in [1.807, 2.05) is 62.0 Å². The number of rotatable bonds is 3. The lowest BCUT2D eigenvalue weighted by molar-refractivity contribution is -0.108. The van der Waals surface area contributed by atoms with Gasteiger partial charge in [-0.2, -0.15) is 0 Å². The lowest BCUT2D eigenvalue weighted by atomic mass is 10.1. The molecule has 1 aromatic carbocycles. The van der Waals surface area contributed by atoms with Crippen molar-refractivity contribution in [2.24, 2.45) is 5.73 Å². The molecule has 2 aliphatic heterocycles. The van der Waals surface area contributed by atoms with E-state index in [9.17, 15) is 14.4 Å². The number of amides is 3. The monoisotopic (exact) mass is 491 g/mol. The fourth-order valence-corrected chi connectivity index (χ4v) is 3.52. The molecule has 3 N–H and O–H groups in total. The van der Waals surface area contributed by atoms with Gasteiger partial charge in [-0.1, -0.05) is 37.8 Å². The number of imidazole rings is 1. The average Bonchev–Trinajstić information content (AvgIpc) is 3.35. The minimum Gasteiger partial charge on any atom is -0.497 e. The minimum absolute atomic E-state index is 0.0777. The number of carbonyl (C=O) groups is 3. The largest absolute Gasteiger partial charge is 0.497 e. The van der Waals surface area contributed by atoms with Gasteiger partial charge in [0.05, 0.1) is 12.8 Å². The van der Waals surface area contributed by atoms with Crippen LogP contribution in [-0.2, 0) is 17.8 Å². The topological polar surface area (TPSA) is 120 Å². The second-order valence-electron chi connectivity index (χ2n) is 7.81. The van der Waals surface area contributed by atoms with Crippen molar-refractivity contribution in [1.82, 2.24) is 19.8 Å². The lowest BCUT2D eigenvalue weighted by Gasteiger charge is -2.05. The number of nitrogens with zero attached hydrogens (tertiary/aromatic N) is 3. The van der Waals surface area contributed by atoms with Crippen molar-refractivity contribution in [1.29, 1.82) is 0 Å². The molecule has 4 rings (SSSR count). The number of urea groups is 1. The summed E-state index contributed by atoms with van der Waals surface area (Å²) in [6.07, 6.45) is 9.94. The quantitative estimate of drug-likeness (QED) is 0.505. The number of hydrogen-bond acceptors (Lipinski definition) is 5. The Morgan fingerprint density at radius 1 is 1.33 bits per heavy atom. The first-order valence-corrected chi connectivity index (χ1v) is 11.7. The summed E-state index contributed by atoms with van der Waals surface area (Å²) < 4.78 is 6.98. The van der Waals surface area contributed by atoms with E-state index >= 15 is 0 Å². The molecule has 3 heterocycles. The Morgan fingerprint density at radius 2 is 2.08 bits per heavy atom. The van der Waals surface area contributed by atoms with Crippen molar-refractivity contribution in [3.05, 3.63) is 64.8 Å². The molecule has 1 atom stereocenters. The molecule has 0 bridgehead atoms. The van der Waals surface area contributed by atoms with E-state index in [2.05, 4.69) is 22.1 Å². The average molecular weight is 492 g/mol. The summed E-state index contributed by atoms with van der Waals surface area (Å²) in [6, 6.07) is 3.92. The van der Waals surface area contributed by atoms with Gasteiger partial charge < -0.3 is 25.3 Å². The molecule has 9 heteroatoms. The van der Waals surface area contributed by atoms with Crippen LogP contribution in [0.15, 0.2) is 42.1 Å². The third-order valence-corrected chi connectivity index (χ3v) is 5.15. The van der Waals surface area contributed by atoms with Crippen LogP contribution in [0.1, 0.15) is 47.7 Å². The van der Waals surface area contributed by atoms with E-state index in [4.69, 9.17) is 10.5 Å². The normalized spacial score (nSPS) is 16.3. The van der Waals surface area contributed by atoms with E-state index in [-0.39, 0.29) is 5.91 Å². The third kappa shape index (κ3) is 7.60. The Kier molecular flexibility index (Phi) is 10.5. The number of allylic oxidation sites excluding steroid dienone is 3. The second-order valence-corrected chi connectivity index (χ2v) is 7.81. The summed E-state index contributed by atoms with van der Waals surface area (Å²) >= 11 is 0. The molecule has 0 saturated heterocycles. The smallest absolute Gasteiger partial charge is 0.313 e. The molecule has 190 valence electrons. The molecule has 0 fully saturated rings. The number of aryl methyl sites for hydroxylation is 2. The molecule has 9 nitrogen and oxygen atoms in total. The van der Waals surface area contributed by atoms with Crippen LogP contribution in [0.2, 0.25) is 0 Å². The van der Waals surface area contributed by atoms with Gasteiger partial charge in [0.25, 0.3) is 5.91 Å². The Morgan fingerprint density at radius 3 is 2.75 bits per heavy atom. The molecule has 1 aromatic heterocycles. The van der Waals surface area contributed by atoms with Gasteiger partial charge >= 0.3 is 6.03 Å². The molecule has 0 spiro atoms. The fourth-order valence-electron chi connectivity index (χ4n) is 3.52. The predicted octanol–water partition coefficient (Wildman–Crippen LogP) is 3.08. The van der Waals surface area contributed by atoms with Gasteiger partial charge in [-0.15, -0.1) is 0 Å². The van der Waals surface area contributed by atoms with Crippen LogP contribution in [0.25, 0.3) is 6.20 Å². The van der Waals surface area contributed by atoms with Crippen molar-refractivity contribution in [3.8, 4) is 17.6 Å². The number of primary amides is 1. The van der Waals surface area contributed by atoms with Gasteiger partial charge in [-0.25, -0.2) is 9.78 Å². The number of nitrogens with one attached hydrogen (secondary N) is 1. The first kappa shape index (κ1) is 27.9. The van der Waals surface area contributed by atoms with Gasteiger partial charge in [0, 0.05) is 43.5 Å². The molecule has 36 heavy (non-hydrogen) atoms. The molecule has 3 amide bonds. The number of ether oxygens (including phenoxy) is 1. The van der Waals surface area contributed by atoms with Gasteiger partial charge in [0.1, 0.15) is 17.6 Å². The second kappa shape index (κ2) is 13.5. The summed E-state index contributed by atoms with van der Waals surface area (Å²) in [5.41, 5.74) is 8.48. The minimum atomic E-state index is -0.911. The SMILES string of the molecule is CC.COc1ccc2c(c1)C(=O)N(C)C2.Cc1cn2c(n1)CC/C=C\C(C#CC(C=O)NC(N)=O)=C/2. The highest BCUT2D eigenvalue weighted by atomic mass is 16.5. The number of nitrogens with two attached hydrogens (primary N) is 1. The van der Waals surface area contributed by atoms with Crippen LogP contribution in [0.4, 0.5) is 4.79 Å². The van der Waals surface area contributed by atoms with E-state index < -0.39 is 12.1 Å². The molecular weight excluding hydrogens is 458 g/mol. The van der Waals surface area contributed by atoms with Gasteiger partial charge in [0.15, 0.2) is 6.29 Å². The third-order valence-electron chi connectivity index (χ3n) is 5.15. The number of fused-ring (bicyclic) bond motifs is 2. The zero-order chi connectivity index (χ0) is 26.7. The van der Waals surface area contributed by atoms with Crippen molar-refractivity contribution in [2.45, 2.75) is 46.2 Å². The van der Waals surface area contributed by atoms with E-state index in [0.29, 0.717) is 12.8 Å². The Bertz CT molecular complexity index is 1220. The summed E-state index contributed by atoms with van der Waals surface area (Å²) in [6.45, 7) is 6.64. The maximum atomic E-state index is 11.5. The first-order chi connectivity index (χ1) is 17.3. The zero-order valence-corrected chi connectivity index (χ0v) is 21.4. The number of aromatic nitrogens is 2. The molecule has 0 saturated carbocycles. The van der Waals surface area contributed by atoms with Crippen LogP contribution >= 0.6 is 0 Å². The molecule has 0 radical (unpaired) electrons. The van der Waals surface area contributed by atoms with Crippen LogP contribution in [-0.4, -0.2) is 52.9 Å². The zero-order valence-electron chi connectivity index (χ0n) is 21.4. The van der Waals surface area contributed by atoms with Crippen molar-refractivity contribution in [2.75, 3.05) is 14.2 Å². The van der Waals surface area contributed by atoms with Crippen molar-refractivity contribution in [3.63, 3.8) is 0 Å². The number of carbonyl (C=O) groups excluding carboxylic acids is 3. The Balaban J connectivity index is 0.000000260. The van der Waals surface area contributed by atoms with Crippen LogP contribution in [0, 0.1) is 18.8 Å². The van der Waals surface area contributed by atoms with Crippen molar-refractivity contribution < 1.29 is 19.1 Å². The highest BCUT2D eigenvalue weighted by Gasteiger charge is 2.24. The standard InChI is InChI=1S/C15H16N4O2.C10H11NO2.C2H6/c1-11-8-19-9-12(4-2-3-5-14(19)17-11)6-7-13(10-20)18-15(16)21;1-11-6-7-3-4-8(13-2)5-9(7)10(11)12;1-2/h2,4,8-10,13H,3,5H2,1H3,(H3,16,18,21);3-5H,6H2,1-2H3;1-2H3/b4-2-,12-9+;;. The van der Waals surface area contributed by atoms with Gasteiger partial charge in [-0.3, -0.25) is 9.59 Å². The van der Waals surface area contributed by atoms with Gasteiger partial charge in [-0.05, 0) is 37.1 Å². The van der Waals surface area contributed by atoms with Crippen LogP contribution in [0.5, 0.6) is 5.75 Å². The molecule has 2 aromatic rings. The fraction of sp³-hybridized carbons (Fsp3) is 0.333. The lowest BCUT2D eigenvalue weighted by Crippen LogP contribution is -2.38. The maximum absolute atomic E-state index is 11.5. The Hall–Kier alpha value is -4.32. The molecule has 1 unspecified atom stereocenters.